The Kier molecular flexibility index (Phi) is 6.02. The zero-order chi connectivity index (χ0) is 16.2. The first kappa shape index (κ1) is 18.1. The Bertz CT molecular complexity index is 859. The van der Waals surface area contributed by atoms with Gasteiger partial charge in [0.1, 0.15) is 18.1 Å². The molecule has 0 aliphatic carbocycles. The molecule has 24 heavy (non-hydrogen) atoms. The number of rotatable bonds is 4. The van der Waals surface area contributed by atoms with Crippen LogP contribution in [0, 0.1) is 0 Å². The first-order valence-electron chi connectivity index (χ1n) is 7.29. The number of nitrogens with one attached hydrogen (secondary N) is 1. The van der Waals surface area contributed by atoms with Crippen molar-refractivity contribution >= 4 is 46.7 Å². The van der Waals surface area contributed by atoms with E-state index in [9.17, 15) is 0 Å². The molecule has 0 amide bonds. The van der Waals surface area contributed by atoms with Gasteiger partial charge >= 0.3 is 0 Å². The average molecular weight is 437 g/mol. The predicted molar refractivity (Wildman–Crippen MR) is 108 cm³/mol. The number of nitrogens with zero attached hydrogens (tertiary/aromatic N) is 3. The Labute approximate surface area is 157 Å². The van der Waals surface area contributed by atoms with E-state index in [0.717, 1.165) is 22.5 Å². The molecule has 0 aliphatic rings. The van der Waals surface area contributed by atoms with Crippen molar-refractivity contribution < 1.29 is 4.74 Å². The zero-order valence-corrected chi connectivity index (χ0v) is 15.9. The maximum atomic E-state index is 5.97. The van der Waals surface area contributed by atoms with Gasteiger partial charge in [0.2, 0.25) is 0 Å². The largest absolute Gasteiger partial charge is 0.495 e. The zero-order valence-electron chi connectivity index (χ0n) is 13.6. The van der Waals surface area contributed by atoms with Crippen molar-refractivity contribution in [3.8, 4) is 5.75 Å². The van der Waals surface area contributed by atoms with E-state index >= 15 is 0 Å². The van der Waals surface area contributed by atoms with Crippen LogP contribution in [0.25, 0.3) is 11.0 Å². The summed E-state index contributed by atoms with van der Waals surface area (Å²) >= 11 is 0. The van der Waals surface area contributed by atoms with Gasteiger partial charge in [0, 0.05) is 7.05 Å². The molecule has 0 aliphatic heterocycles. The summed E-state index contributed by atoms with van der Waals surface area (Å²) in [6, 6.07) is 15.5. The van der Waals surface area contributed by atoms with Gasteiger partial charge in [-0.2, -0.15) is 0 Å². The molecule has 1 aromatic heterocycles. The lowest BCUT2D eigenvalue weighted by molar-refractivity contribution is 0.417. The number of aryl methyl sites for hydroxylation is 1. The molecule has 1 heterocycles. The van der Waals surface area contributed by atoms with E-state index in [1.54, 1.807) is 7.11 Å². The number of ether oxygens (including phenoxy) is 1. The highest BCUT2D eigenvalue weighted by Gasteiger charge is 2.07. The molecule has 7 heteroatoms. The van der Waals surface area contributed by atoms with Gasteiger partial charge in [-0.15, -0.1) is 24.0 Å². The van der Waals surface area contributed by atoms with Crippen LogP contribution in [0.3, 0.4) is 0 Å². The van der Waals surface area contributed by atoms with Crippen LogP contribution < -0.4 is 15.8 Å². The maximum absolute atomic E-state index is 5.97. The Balaban J connectivity index is 0.00000208. The molecule has 126 valence electrons. The van der Waals surface area contributed by atoms with E-state index in [0.29, 0.717) is 18.3 Å². The third-order valence-electron chi connectivity index (χ3n) is 3.64. The van der Waals surface area contributed by atoms with Gasteiger partial charge in [0.05, 0.1) is 23.8 Å². The SMILES string of the molecule is COc1ccccc1NC(N)=NCc1nc2ccccc2n1C.I. The summed E-state index contributed by atoms with van der Waals surface area (Å²) in [5.41, 5.74) is 8.78. The molecule has 3 N–H and O–H groups in total. The van der Waals surface area contributed by atoms with Gasteiger partial charge in [0.25, 0.3) is 0 Å². The van der Waals surface area contributed by atoms with Crippen LogP contribution in [0.4, 0.5) is 5.69 Å². The van der Waals surface area contributed by atoms with E-state index in [2.05, 4.69) is 15.3 Å². The van der Waals surface area contributed by atoms with Crippen LogP contribution in [0.2, 0.25) is 0 Å². The van der Waals surface area contributed by atoms with Crippen LogP contribution in [0.5, 0.6) is 5.75 Å². The molecule has 3 rings (SSSR count). The Morgan fingerprint density at radius 3 is 2.67 bits per heavy atom. The molecule has 3 aromatic rings. The monoisotopic (exact) mass is 437 g/mol. The lowest BCUT2D eigenvalue weighted by Crippen LogP contribution is -2.23. The van der Waals surface area contributed by atoms with Crippen LogP contribution in [-0.2, 0) is 13.6 Å². The highest BCUT2D eigenvalue weighted by atomic mass is 127. The summed E-state index contributed by atoms with van der Waals surface area (Å²) in [5, 5.41) is 3.05. The number of aromatic nitrogens is 2. The van der Waals surface area contributed by atoms with E-state index in [4.69, 9.17) is 10.5 Å². The molecule has 0 radical (unpaired) electrons. The number of hydrogen-bond acceptors (Lipinski definition) is 3. The number of nitrogens with two attached hydrogens (primary N) is 1. The number of fused-ring (bicyclic) bond motifs is 1. The predicted octanol–water partition coefficient (Wildman–Crippen LogP) is 3.13. The second-order valence-corrected chi connectivity index (χ2v) is 5.10. The molecular formula is C17H20IN5O. The summed E-state index contributed by atoms with van der Waals surface area (Å²) in [4.78, 5) is 8.94. The smallest absolute Gasteiger partial charge is 0.193 e. The first-order chi connectivity index (χ1) is 11.2. The molecule has 0 saturated carbocycles. The highest BCUT2D eigenvalue weighted by molar-refractivity contribution is 14.0. The maximum Gasteiger partial charge on any atom is 0.193 e. The molecule has 6 nitrogen and oxygen atoms in total. The number of guanidine groups is 1. The lowest BCUT2D eigenvalue weighted by atomic mass is 10.3. The minimum atomic E-state index is 0. The van der Waals surface area contributed by atoms with Crippen molar-refractivity contribution in [2.45, 2.75) is 6.54 Å². The van der Waals surface area contributed by atoms with Crippen molar-refractivity contribution in [3.05, 3.63) is 54.4 Å². The molecule has 0 unspecified atom stereocenters. The number of benzene rings is 2. The number of halogens is 1. The van der Waals surface area contributed by atoms with Gasteiger partial charge in [-0.1, -0.05) is 24.3 Å². The fraction of sp³-hybridized carbons (Fsp3) is 0.176. The second kappa shape index (κ2) is 8.00. The molecule has 0 saturated heterocycles. The van der Waals surface area contributed by atoms with Crippen LogP contribution in [0.15, 0.2) is 53.5 Å². The van der Waals surface area contributed by atoms with E-state index in [1.807, 2.05) is 60.1 Å². The Morgan fingerprint density at radius 2 is 1.92 bits per heavy atom. The molecule has 0 fully saturated rings. The number of hydrogen-bond donors (Lipinski definition) is 2. The van der Waals surface area contributed by atoms with E-state index in [-0.39, 0.29) is 24.0 Å². The molecular weight excluding hydrogens is 417 g/mol. The average Bonchev–Trinajstić information content (AvgIpc) is 2.90. The van der Waals surface area contributed by atoms with Gasteiger partial charge in [-0.05, 0) is 24.3 Å². The standard InChI is InChI=1S/C17H19N5O.HI/c1-22-14-9-5-3-7-12(14)20-16(22)11-19-17(18)21-13-8-4-6-10-15(13)23-2;/h3-10H,11H2,1-2H3,(H3,18,19,21);1H. The van der Waals surface area contributed by atoms with Crippen LogP contribution >= 0.6 is 24.0 Å². The molecule has 2 aromatic carbocycles. The van der Waals surface area contributed by atoms with Gasteiger partial charge < -0.3 is 20.4 Å². The number of anilines is 1. The van der Waals surface area contributed by atoms with Gasteiger partial charge in [-0.3, -0.25) is 0 Å². The fourth-order valence-corrected chi connectivity index (χ4v) is 2.42. The molecule has 0 bridgehead atoms. The minimum Gasteiger partial charge on any atom is -0.495 e. The van der Waals surface area contributed by atoms with Crippen molar-refractivity contribution in [1.82, 2.24) is 9.55 Å². The summed E-state index contributed by atoms with van der Waals surface area (Å²) in [7, 11) is 3.59. The lowest BCUT2D eigenvalue weighted by Gasteiger charge is -2.10. The summed E-state index contributed by atoms with van der Waals surface area (Å²) in [6.45, 7) is 0.402. The number of imidazole rings is 1. The van der Waals surface area contributed by atoms with E-state index < -0.39 is 0 Å². The number of para-hydroxylation sites is 4. The van der Waals surface area contributed by atoms with Crippen LogP contribution in [-0.4, -0.2) is 22.6 Å². The third-order valence-corrected chi connectivity index (χ3v) is 3.64. The first-order valence-corrected chi connectivity index (χ1v) is 7.29. The van der Waals surface area contributed by atoms with Crippen LogP contribution in [0.1, 0.15) is 5.82 Å². The van der Waals surface area contributed by atoms with Crippen molar-refractivity contribution in [3.63, 3.8) is 0 Å². The van der Waals surface area contributed by atoms with E-state index in [1.165, 1.54) is 0 Å². The van der Waals surface area contributed by atoms with Crippen molar-refractivity contribution in [2.24, 2.45) is 17.8 Å². The highest BCUT2D eigenvalue weighted by Crippen LogP contribution is 2.22. The minimum absolute atomic E-state index is 0. The molecule has 0 atom stereocenters. The van der Waals surface area contributed by atoms with Crippen molar-refractivity contribution in [1.29, 1.82) is 0 Å². The van der Waals surface area contributed by atoms with Gasteiger partial charge in [-0.25, -0.2) is 9.98 Å². The van der Waals surface area contributed by atoms with Gasteiger partial charge in [0.15, 0.2) is 5.96 Å². The number of methoxy groups -OCH3 is 1. The Morgan fingerprint density at radius 1 is 1.21 bits per heavy atom. The number of aliphatic imine (C=N–C) groups is 1. The third kappa shape index (κ3) is 3.78. The summed E-state index contributed by atoms with van der Waals surface area (Å²) in [5.74, 6) is 1.89. The second-order valence-electron chi connectivity index (χ2n) is 5.10. The molecule has 0 spiro atoms. The quantitative estimate of drug-likeness (QED) is 0.374. The topological polar surface area (TPSA) is 77.5 Å². The van der Waals surface area contributed by atoms with Crippen molar-refractivity contribution in [2.75, 3.05) is 12.4 Å². The summed E-state index contributed by atoms with van der Waals surface area (Å²) in [6.07, 6.45) is 0. The normalized spacial score (nSPS) is 11.2. The fourth-order valence-electron chi connectivity index (χ4n) is 2.42. The summed E-state index contributed by atoms with van der Waals surface area (Å²) < 4.78 is 7.30. The Hall–Kier alpha value is -2.29.